The van der Waals surface area contributed by atoms with Gasteiger partial charge in [-0.15, -0.1) is 0 Å². The summed E-state index contributed by atoms with van der Waals surface area (Å²) >= 11 is 1.60. The van der Waals surface area contributed by atoms with E-state index >= 15 is 0 Å². The maximum atomic E-state index is 13.2. The molecule has 5 aliphatic rings. The van der Waals surface area contributed by atoms with E-state index in [9.17, 15) is 14.9 Å². The first-order chi connectivity index (χ1) is 22.6. The van der Waals surface area contributed by atoms with Crippen LogP contribution in [0.5, 0.6) is 28.7 Å². The van der Waals surface area contributed by atoms with Gasteiger partial charge < -0.3 is 33.2 Å². The van der Waals surface area contributed by atoms with Crippen LogP contribution in [-0.4, -0.2) is 87.1 Å². The fourth-order valence-electron chi connectivity index (χ4n) is 8.29. The molecule has 0 radical (unpaired) electrons. The molecule has 7 atom stereocenters. The number of hydrogen-bond donors (Lipinski definition) is 0. The average molecular weight is 666 g/mol. The molecular formula is C34H39N3O9S. The number of methoxy groups -OCH3 is 2. The number of hydrogen-bond acceptors (Lipinski definition) is 13. The molecule has 1 unspecified atom stereocenters. The number of ether oxygens (including phenoxy) is 7. The van der Waals surface area contributed by atoms with E-state index in [2.05, 4.69) is 29.0 Å². The summed E-state index contributed by atoms with van der Waals surface area (Å²) in [5, 5.41) is 10.6. The van der Waals surface area contributed by atoms with E-state index in [1.54, 1.807) is 26.0 Å². The van der Waals surface area contributed by atoms with Crippen molar-refractivity contribution in [2.24, 2.45) is 5.92 Å². The molecule has 0 spiro atoms. The van der Waals surface area contributed by atoms with Gasteiger partial charge in [-0.1, -0.05) is 13.0 Å². The fraction of sp³-hybridized carbons (Fsp3) is 0.559. The van der Waals surface area contributed by atoms with Crippen molar-refractivity contribution in [3.8, 4) is 34.8 Å². The Morgan fingerprint density at radius 3 is 2.57 bits per heavy atom. The molecule has 2 aromatic carbocycles. The summed E-state index contributed by atoms with van der Waals surface area (Å²) in [5.74, 6) is 1.99. The van der Waals surface area contributed by atoms with E-state index in [1.165, 1.54) is 6.92 Å². The topological polar surface area (TPSA) is 129 Å². The first-order valence-electron chi connectivity index (χ1n) is 15.8. The lowest BCUT2D eigenvalue weighted by Gasteiger charge is -2.61. The van der Waals surface area contributed by atoms with Gasteiger partial charge in [-0.25, -0.2) is 0 Å². The van der Waals surface area contributed by atoms with Gasteiger partial charge in [-0.2, -0.15) is 17.0 Å². The number of nitrogens with zero attached hydrogens (tertiary/aromatic N) is 3. The maximum absolute atomic E-state index is 13.2. The van der Waals surface area contributed by atoms with Crippen LogP contribution in [0.15, 0.2) is 6.07 Å². The number of thioether (sulfide) groups is 1. The van der Waals surface area contributed by atoms with Gasteiger partial charge in [0.25, 0.3) is 0 Å². The minimum Gasteiger partial charge on any atom is -0.493 e. The van der Waals surface area contributed by atoms with Gasteiger partial charge in [0.2, 0.25) is 6.79 Å². The van der Waals surface area contributed by atoms with Crippen LogP contribution in [0.2, 0.25) is 0 Å². The summed E-state index contributed by atoms with van der Waals surface area (Å²) in [4.78, 5) is 30.4. The van der Waals surface area contributed by atoms with Crippen LogP contribution >= 0.6 is 11.8 Å². The number of likely N-dealkylation sites (N-methyl/N-ethyl adjacent to an activating group) is 1. The molecule has 2 saturated heterocycles. The zero-order valence-electron chi connectivity index (χ0n) is 27.6. The van der Waals surface area contributed by atoms with Gasteiger partial charge in [0.15, 0.2) is 29.8 Å². The Balaban J connectivity index is 1.56. The molecule has 250 valence electrons. The number of cyclic esters (lactones) is 1. The van der Waals surface area contributed by atoms with Gasteiger partial charge in [0, 0.05) is 54.1 Å². The summed E-state index contributed by atoms with van der Waals surface area (Å²) in [6.45, 7) is 7.12. The number of benzene rings is 2. The van der Waals surface area contributed by atoms with E-state index in [-0.39, 0.29) is 55.5 Å². The average Bonchev–Trinajstić information content (AvgIpc) is 3.53. The van der Waals surface area contributed by atoms with Crippen LogP contribution in [0.25, 0.3) is 0 Å². The van der Waals surface area contributed by atoms with Crippen molar-refractivity contribution in [2.75, 3.05) is 47.2 Å². The lowest BCUT2D eigenvalue weighted by Crippen LogP contribution is -2.69. The third kappa shape index (κ3) is 4.75. The minimum atomic E-state index is -0.591. The molecule has 0 aliphatic carbocycles. The van der Waals surface area contributed by atoms with Crippen molar-refractivity contribution in [1.82, 2.24) is 9.80 Å². The number of esters is 2. The van der Waals surface area contributed by atoms with E-state index in [0.29, 0.717) is 46.5 Å². The predicted molar refractivity (Wildman–Crippen MR) is 170 cm³/mol. The van der Waals surface area contributed by atoms with Gasteiger partial charge in [0.05, 0.1) is 36.4 Å². The lowest BCUT2D eigenvalue weighted by molar-refractivity contribution is -0.153. The van der Waals surface area contributed by atoms with E-state index in [4.69, 9.17) is 33.2 Å². The standard InChI is InChI=1S/C34H39N3O9S/c1-15-8-19-9-20-21(10-35)37-22-11-42-34(39)16(2)12-47-33(25-24(22)32-30(44-14-45-32)17(3)29(25)46-18(4)38)27(37)26(36(20)5)23(19)31(28(15)41-7)43-13-40-6/h8,16,20-22,26-27,33H,9,11-14H2,1-7H3/t16-,20-,21-,22-,26-,27?,33+/m0/s1. The molecule has 0 aromatic heterocycles. The summed E-state index contributed by atoms with van der Waals surface area (Å²) in [6, 6.07) is 2.80. The zero-order chi connectivity index (χ0) is 33.3. The Labute approximate surface area is 278 Å². The highest BCUT2D eigenvalue weighted by Gasteiger charge is 2.60. The predicted octanol–water partition coefficient (Wildman–Crippen LogP) is 4.14. The molecule has 13 heteroatoms. The molecule has 5 aliphatic heterocycles. The van der Waals surface area contributed by atoms with Crippen LogP contribution in [0.4, 0.5) is 0 Å². The Morgan fingerprint density at radius 2 is 1.87 bits per heavy atom. The lowest BCUT2D eigenvalue weighted by atomic mass is 9.71. The molecule has 2 fully saturated rings. The van der Waals surface area contributed by atoms with Crippen molar-refractivity contribution in [3.63, 3.8) is 0 Å². The van der Waals surface area contributed by atoms with Crippen molar-refractivity contribution >= 4 is 23.7 Å². The number of nitriles is 1. The number of piperazine rings is 1. The van der Waals surface area contributed by atoms with Crippen molar-refractivity contribution in [2.45, 2.75) is 69.6 Å². The van der Waals surface area contributed by atoms with Crippen molar-refractivity contribution in [3.05, 3.63) is 39.4 Å². The smallest absolute Gasteiger partial charge is 0.309 e. The first kappa shape index (κ1) is 31.9. The highest BCUT2D eigenvalue weighted by molar-refractivity contribution is 7.99. The number of aryl methyl sites for hydroxylation is 1. The molecule has 4 bridgehead atoms. The van der Waals surface area contributed by atoms with Gasteiger partial charge in [-0.05, 0) is 38.4 Å². The molecule has 5 heterocycles. The van der Waals surface area contributed by atoms with Gasteiger partial charge in [0.1, 0.15) is 18.4 Å². The molecular weight excluding hydrogens is 626 g/mol. The normalized spacial score (nSPS) is 29.1. The first-order valence-corrected chi connectivity index (χ1v) is 16.8. The van der Waals surface area contributed by atoms with Crippen LogP contribution in [0, 0.1) is 31.1 Å². The highest BCUT2D eigenvalue weighted by atomic mass is 32.2. The number of carbonyl (C=O) groups excluding carboxylic acids is 2. The summed E-state index contributed by atoms with van der Waals surface area (Å²) in [6.07, 6.45) is 0.594. The summed E-state index contributed by atoms with van der Waals surface area (Å²) in [7, 11) is 5.27. The number of carbonyl (C=O) groups is 2. The van der Waals surface area contributed by atoms with Gasteiger partial charge >= 0.3 is 11.9 Å². The Morgan fingerprint density at radius 1 is 1.11 bits per heavy atom. The van der Waals surface area contributed by atoms with Crippen LogP contribution < -0.4 is 23.7 Å². The second-order valence-corrected chi connectivity index (χ2v) is 14.0. The molecule has 0 N–H and O–H groups in total. The van der Waals surface area contributed by atoms with E-state index < -0.39 is 18.1 Å². The molecule has 0 saturated carbocycles. The number of fused-ring (bicyclic) bond motifs is 9. The third-order valence-corrected chi connectivity index (χ3v) is 11.7. The van der Waals surface area contributed by atoms with E-state index in [1.807, 2.05) is 20.8 Å². The molecule has 7 rings (SSSR count). The van der Waals surface area contributed by atoms with Gasteiger partial charge in [-0.3, -0.25) is 19.4 Å². The second kappa shape index (κ2) is 12.1. The van der Waals surface area contributed by atoms with Crippen LogP contribution in [-0.2, 0) is 25.5 Å². The fourth-order valence-corrected chi connectivity index (χ4v) is 9.81. The SMILES string of the molecule is COCOc1c(OC)c(C)cc2c1[C@H]1C3[C@@H]4SC[C@H](C)C(=O)OC[C@@H](c5c6c(c(C)c(OC(C)=O)c54)OCO6)N3[C@@H](C#N)[C@H](C2)N1C. The second-order valence-electron chi connectivity index (χ2n) is 12.8. The quantitative estimate of drug-likeness (QED) is 0.258. The van der Waals surface area contributed by atoms with Crippen molar-refractivity contribution in [1.29, 1.82) is 5.26 Å². The van der Waals surface area contributed by atoms with Crippen LogP contribution in [0.1, 0.15) is 64.6 Å². The van der Waals surface area contributed by atoms with Crippen molar-refractivity contribution < 1.29 is 42.7 Å². The van der Waals surface area contributed by atoms with E-state index in [0.717, 1.165) is 27.8 Å². The maximum Gasteiger partial charge on any atom is 0.309 e. The Hall–Kier alpha value is -3.70. The highest BCUT2D eigenvalue weighted by Crippen LogP contribution is 2.64. The number of rotatable bonds is 5. The zero-order valence-corrected chi connectivity index (χ0v) is 28.4. The largest absolute Gasteiger partial charge is 0.493 e. The Kier molecular flexibility index (Phi) is 8.19. The summed E-state index contributed by atoms with van der Waals surface area (Å²) < 4.78 is 41.8. The molecule has 2 aromatic rings. The minimum absolute atomic E-state index is 0.000691. The monoisotopic (exact) mass is 665 g/mol. The third-order valence-electron chi connectivity index (χ3n) is 10.2. The van der Waals surface area contributed by atoms with Crippen LogP contribution in [0.3, 0.4) is 0 Å². The Bertz CT molecular complexity index is 1690. The molecule has 47 heavy (non-hydrogen) atoms. The molecule has 0 amide bonds. The molecule has 12 nitrogen and oxygen atoms in total. The summed E-state index contributed by atoms with van der Waals surface area (Å²) in [5.41, 5.74) is 5.18.